The highest BCUT2D eigenvalue weighted by atomic mass is 19.1. The predicted molar refractivity (Wildman–Crippen MR) is 160 cm³/mol. The molecule has 3 rings (SSSR count). The lowest BCUT2D eigenvalue weighted by Gasteiger charge is -2.06. The van der Waals surface area contributed by atoms with E-state index in [4.69, 9.17) is 4.74 Å². The van der Waals surface area contributed by atoms with Crippen molar-refractivity contribution >= 4 is 16.6 Å². The van der Waals surface area contributed by atoms with Gasteiger partial charge in [0.2, 0.25) is 0 Å². The van der Waals surface area contributed by atoms with Crippen LogP contribution in [0.1, 0.15) is 99.5 Å². The summed E-state index contributed by atoms with van der Waals surface area (Å²) in [7, 11) is 1.69. The lowest BCUT2D eigenvalue weighted by Crippen LogP contribution is -2.01. The third-order valence-corrected chi connectivity index (χ3v) is 4.28. The van der Waals surface area contributed by atoms with Gasteiger partial charge < -0.3 is 10.1 Å². The molecule has 0 aliphatic rings. The first-order valence-electron chi connectivity index (χ1n) is 13.9. The molecule has 0 saturated carbocycles. The van der Waals surface area contributed by atoms with Gasteiger partial charge in [0, 0.05) is 29.9 Å². The first kappa shape index (κ1) is 36.5. The first-order valence-corrected chi connectivity index (χ1v) is 13.9. The molecule has 210 valence electrons. The number of nitrogens with zero attached hydrogens (tertiary/aromatic N) is 1. The predicted octanol–water partition coefficient (Wildman–Crippen LogP) is 10.6. The van der Waals surface area contributed by atoms with Gasteiger partial charge in [-0.1, -0.05) is 87.5 Å². The number of pyridine rings is 1. The maximum absolute atomic E-state index is 12.7. The Hall–Kier alpha value is -2.69. The van der Waals surface area contributed by atoms with Crippen molar-refractivity contribution in [3.63, 3.8) is 0 Å². The van der Waals surface area contributed by atoms with Gasteiger partial charge >= 0.3 is 0 Å². The monoisotopic (exact) mass is 518 g/mol. The van der Waals surface area contributed by atoms with Crippen molar-refractivity contribution in [1.82, 2.24) is 4.98 Å². The zero-order chi connectivity index (χ0) is 28.5. The molecule has 0 fully saturated rings. The fourth-order valence-corrected chi connectivity index (χ4v) is 2.86. The number of benzene rings is 2. The molecule has 5 heteroatoms. The van der Waals surface area contributed by atoms with Crippen LogP contribution < -0.4 is 10.1 Å². The van der Waals surface area contributed by atoms with Gasteiger partial charge in [-0.3, -0.25) is 4.98 Å². The summed E-state index contributed by atoms with van der Waals surface area (Å²) in [6, 6.07) is 11.6. The molecule has 0 amide bonds. The Kier molecular flexibility index (Phi) is 24.6. The maximum atomic E-state index is 12.7. The third kappa shape index (κ3) is 18.2. The van der Waals surface area contributed by atoms with Crippen LogP contribution in [0.25, 0.3) is 10.9 Å². The van der Waals surface area contributed by atoms with Crippen molar-refractivity contribution in [2.75, 3.05) is 19.0 Å². The van der Waals surface area contributed by atoms with Crippen LogP contribution in [0.4, 0.5) is 14.5 Å². The van der Waals surface area contributed by atoms with E-state index in [1.54, 1.807) is 7.11 Å². The molecule has 0 atom stereocenters. The first-order chi connectivity index (χ1) is 17.8. The normalized spacial score (nSPS) is 9.27. The van der Waals surface area contributed by atoms with E-state index in [0.717, 1.165) is 49.6 Å². The number of aromatic nitrogens is 1. The molecule has 0 saturated heterocycles. The van der Waals surface area contributed by atoms with Crippen molar-refractivity contribution in [2.45, 2.75) is 100 Å². The zero-order valence-electron chi connectivity index (χ0n) is 24.9. The zero-order valence-corrected chi connectivity index (χ0v) is 24.9. The van der Waals surface area contributed by atoms with Gasteiger partial charge in [0.05, 0.1) is 12.6 Å². The molecule has 1 N–H and O–H groups in total. The fourth-order valence-electron chi connectivity index (χ4n) is 2.86. The van der Waals surface area contributed by atoms with E-state index in [-0.39, 0.29) is 0 Å². The van der Waals surface area contributed by atoms with Crippen molar-refractivity contribution in [3.8, 4) is 5.75 Å². The van der Waals surface area contributed by atoms with Crippen molar-refractivity contribution in [3.05, 3.63) is 65.9 Å². The standard InChI is InChI=1S/C13H15NO.C10H13F2N.3C3H8/c1-3-4-10-7-8-14-13-6-5-11(15-2)9-12(10)13;1-2-3-4-13-10-6-8(11)5-9(12)7-10;3*1-3-2/h5-9H,3-4H2,1-2H3;5-7,13H,2-4H2,1H3;3*3H2,1-2H3. The minimum absolute atomic E-state index is 0.506. The lowest BCUT2D eigenvalue weighted by molar-refractivity contribution is 0.415. The maximum Gasteiger partial charge on any atom is 0.128 e. The number of aryl methyl sites for hydroxylation is 1. The van der Waals surface area contributed by atoms with E-state index in [1.807, 2.05) is 18.3 Å². The van der Waals surface area contributed by atoms with Gasteiger partial charge in [0.15, 0.2) is 0 Å². The summed E-state index contributed by atoms with van der Waals surface area (Å²) in [5.74, 6) is -0.189. The van der Waals surface area contributed by atoms with Crippen LogP contribution >= 0.6 is 0 Å². The molecular weight excluding hydrogens is 466 g/mol. The second-order valence-electron chi connectivity index (χ2n) is 8.66. The van der Waals surface area contributed by atoms with Crippen molar-refractivity contribution in [2.24, 2.45) is 0 Å². The SMILES string of the molecule is CCC.CCC.CCC.CCCCNc1cc(F)cc(F)c1.CCCc1ccnc2ccc(OC)cc12. The number of fused-ring (bicyclic) bond motifs is 1. The van der Waals surface area contributed by atoms with Crippen LogP contribution in [0.3, 0.4) is 0 Å². The second kappa shape index (κ2) is 25.0. The molecule has 0 radical (unpaired) electrons. The summed E-state index contributed by atoms with van der Waals surface area (Å²) < 4.78 is 30.5. The molecule has 0 aliphatic carbocycles. The Morgan fingerprint density at radius 3 is 1.81 bits per heavy atom. The molecule has 2 aromatic carbocycles. The summed E-state index contributed by atoms with van der Waals surface area (Å²) in [6.07, 6.45) is 9.92. The number of hydrogen-bond acceptors (Lipinski definition) is 3. The van der Waals surface area contributed by atoms with E-state index in [2.05, 4.69) is 77.8 Å². The Morgan fingerprint density at radius 2 is 1.32 bits per heavy atom. The quantitative estimate of drug-likeness (QED) is 0.316. The molecule has 0 bridgehead atoms. The molecule has 1 heterocycles. The van der Waals surface area contributed by atoms with E-state index >= 15 is 0 Å². The van der Waals surface area contributed by atoms with E-state index in [1.165, 1.54) is 42.3 Å². The number of rotatable bonds is 7. The largest absolute Gasteiger partial charge is 0.497 e. The summed E-state index contributed by atoms with van der Waals surface area (Å²) in [5, 5.41) is 4.15. The van der Waals surface area contributed by atoms with Gasteiger partial charge in [-0.05, 0) is 54.8 Å². The fraction of sp³-hybridized carbons (Fsp3) is 0.531. The summed E-state index contributed by atoms with van der Waals surface area (Å²) >= 11 is 0. The van der Waals surface area contributed by atoms with Gasteiger partial charge in [0.1, 0.15) is 17.4 Å². The number of ether oxygens (including phenoxy) is 1. The van der Waals surface area contributed by atoms with Gasteiger partial charge in [-0.15, -0.1) is 0 Å². The number of anilines is 1. The number of hydrogen-bond donors (Lipinski definition) is 1. The van der Waals surface area contributed by atoms with Gasteiger partial charge in [0.25, 0.3) is 0 Å². The molecule has 0 aliphatic heterocycles. The molecule has 3 aromatic rings. The molecule has 1 aromatic heterocycles. The van der Waals surface area contributed by atoms with Crippen molar-refractivity contribution < 1.29 is 13.5 Å². The van der Waals surface area contributed by atoms with Crippen LogP contribution in [0.15, 0.2) is 48.7 Å². The summed E-state index contributed by atoms with van der Waals surface area (Å²) in [6.45, 7) is 17.7. The number of methoxy groups -OCH3 is 1. The highest BCUT2D eigenvalue weighted by Crippen LogP contribution is 2.23. The van der Waals surface area contributed by atoms with Crippen LogP contribution in [-0.4, -0.2) is 18.6 Å². The third-order valence-electron chi connectivity index (χ3n) is 4.28. The molecule has 0 spiro atoms. The molecule has 37 heavy (non-hydrogen) atoms. The lowest BCUT2D eigenvalue weighted by atomic mass is 10.1. The van der Waals surface area contributed by atoms with Crippen molar-refractivity contribution in [1.29, 1.82) is 0 Å². The van der Waals surface area contributed by atoms with Crippen LogP contribution in [-0.2, 0) is 6.42 Å². The topological polar surface area (TPSA) is 34.2 Å². The van der Waals surface area contributed by atoms with Crippen LogP contribution in [0.5, 0.6) is 5.75 Å². The Labute approximate surface area is 226 Å². The molecule has 0 unspecified atom stereocenters. The van der Waals surface area contributed by atoms with E-state index < -0.39 is 11.6 Å². The smallest absolute Gasteiger partial charge is 0.128 e. The number of unbranched alkanes of at least 4 members (excludes halogenated alkanes) is 1. The van der Waals surface area contributed by atoms with E-state index in [0.29, 0.717) is 5.69 Å². The Bertz CT molecular complexity index is 907. The number of nitrogens with one attached hydrogen (secondary N) is 1. The second-order valence-corrected chi connectivity index (χ2v) is 8.66. The minimum atomic E-state index is -0.543. The van der Waals surface area contributed by atoms with Gasteiger partial charge in [-0.25, -0.2) is 8.78 Å². The highest BCUT2D eigenvalue weighted by molar-refractivity contribution is 5.83. The summed E-state index contributed by atoms with van der Waals surface area (Å²) in [5.41, 5.74) is 2.90. The van der Waals surface area contributed by atoms with Crippen LogP contribution in [0.2, 0.25) is 0 Å². The average molecular weight is 519 g/mol. The van der Waals surface area contributed by atoms with E-state index in [9.17, 15) is 8.78 Å². The average Bonchev–Trinajstić information content (AvgIpc) is 2.86. The Morgan fingerprint density at radius 1 is 0.757 bits per heavy atom. The highest BCUT2D eigenvalue weighted by Gasteiger charge is 2.02. The van der Waals surface area contributed by atoms with Crippen LogP contribution in [0, 0.1) is 11.6 Å². The minimum Gasteiger partial charge on any atom is -0.497 e. The molecular formula is C32H52F2N2O. The van der Waals surface area contributed by atoms with Gasteiger partial charge in [-0.2, -0.15) is 0 Å². The summed E-state index contributed by atoms with van der Waals surface area (Å²) in [4.78, 5) is 4.34. The Balaban J connectivity index is 0. The number of halogens is 2. The molecule has 3 nitrogen and oxygen atoms in total.